The van der Waals surface area contributed by atoms with Crippen molar-refractivity contribution in [3.63, 3.8) is 0 Å². The maximum absolute atomic E-state index is 12.0. The number of likely N-dealkylation sites (tertiary alicyclic amines) is 1. The van der Waals surface area contributed by atoms with Crippen LogP contribution in [-0.4, -0.2) is 42.4 Å². The topological polar surface area (TPSA) is 75.4 Å². The number of nitrogens with zero attached hydrogens (tertiary/aromatic N) is 1. The highest BCUT2D eigenvalue weighted by Gasteiger charge is 2.26. The van der Waals surface area contributed by atoms with E-state index in [2.05, 4.69) is 5.32 Å². The molecule has 0 aromatic heterocycles. The van der Waals surface area contributed by atoms with Crippen LogP contribution in [-0.2, 0) is 9.59 Å². The molecule has 1 saturated heterocycles. The molecule has 0 aromatic rings. The first-order valence-electron chi connectivity index (χ1n) is 7.03. The Morgan fingerprint density at radius 2 is 1.80 bits per heavy atom. The van der Waals surface area contributed by atoms with E-state index >= 15 is 0 Å². The van der Waals surface area contributed by atoms with E-state index in [-0.39, 0.29) is 36.8 Å². The molecule has 1 unspecified atom stereocenters. The second-order valence-electron chi connectivity index (χ2n) is 6.51. The lowest BCUT2D eigenvalue weighted by Crippen LogP contribution is -2.47. The van der Waals surface area contributed by atoms with Crippen molar-refractivity contribution in [1.82, 2.24) is 10.2 Å². The minimum absolute atomic E-state index is 0. The smallest absolute Gasteiger partial charge is 0.241 e. The van der Waals surface area contributed by atoms with Gasteiger partial charge in [-0.05, 0) is 25.7 Å². The van der Waals surface area contributed by atoms with Gasteiger partial charge in [0.25, 0.3) is 0 Å². The zero-order valence-electron chi connectivity index (χ0n) is 12.9. The maximum atomic E-state index is 12.0. The molecule has 1 atom stereocenters. The van der Waals surface area contributed by atoms with Crippen molar-refractivity contribution in [3.8, 4) is 0 Å². The van der Waals surface area contributed by atoms with E-state index in [9.17, 15) is 9.59 Å². The average molecular weight is 306 g/mol. The Morgan fingerprint density at radius 1 is 1.30 bits per heavy atom. The van der Waals surface area contributed by atoms with Crippen molar-refractivity contribution in [3.05, 3.63) is 0 Å². The summed E-state index contributed by atoms with van der Waals surface area (Å²) in [5.74, 6) is 0.417. The fourth-order valence-corrected chi connectivity index (χ4v) is 2.21. The number of hydrogen-bond acceptors (Lipinski definition) is 3. The number of carbonyl (C=O) groups is 2. The molecule has 1 fully saturated rings. The van der Waals surface area contributed by atoms with Gasteiger partial charge in [0.1, 0.15) is 0 Å². The molecule has 3 N–H and O–H groups in total. The summed E-state index contributed by atoms with van der Waals surface area (Å²) in [6.07, 6.45) is 1.91. The lowest BCUT2D eigenvalue weighted by molar-refractivity contribution is -0.136. The van der Waals surface area contributed by atoms with Crippen LogP contribution < -0.4 is 11.1 Å². The fourth-order valence-electron chi connectivity index (χ4n) is 2.21. The van der Waals surface area contributed by atoms with E-state index in [4.69, 9.17) is 5.73 Å². The van der Waals surface area contributed by atoms with Crippen LogP contribution in [0.5, 0.6) is 0 Å². The predicted octanol–water partition coefficient (Wildman–Crippen LogP) is 1.16. The van der Waals surface area contributed by atoms with Gasteiger partial charge >= 0.3 is 0 Å². The molecule has 6 heteroatoms. The van der Waals surface area contributed by atoms with Crippen molar-refractivity contribution in [2.24, 2.45) is 17.1 Å². The normalized spacial score (nSPS) is 18.1. The number of amides is 2. The van der Waals surface area contributed by atoms with E-state index in [1.165, 1.54) is 0 Å². The van der Waals surface area contributed by atoms with E-state index in [1.807, 2.05) is 32.6 Å². The van der Waals surface area contributed by atoms with Gasteiger partial charge < -0.3 is 16.0 Å². The van der Waals surface area contributed by atoms with Crippen molar-refractivity contribution in [2.75, 3.05) is 19.6 Å². The quantitative estimate of drug-likeness (QED) is 0.821. The van der Waals surface area contributed by atoms with Crippen LogP contribution in [0.2, 0.25) is 0 Å². The molecule has 1 rings (SSSR count). The Labute approximate surface area is 128 Å². The summed E-state index contributed by atoms with van der Waals surface area (Å²) in [7, 11) is 0. The second kappa shape index (κ2) is 7.84. The highest BCUT2D eigenvalue weighted by Crippen LogP contribution is 2.19. The third-order valence-corrected chi connectivity index (χ3v) is 3.72. The predicted molar refractivity (Wildman–Crippen MR) is 82.7 cm³/mol. The number of piperidine rings is 1. The number of rotatable bonds is 3. The Kier molecular flexibility index (Phi) is 7.52. The van der Waals surface area contributed by atoms with E-state index < -0.39 is 5.41 Å². The third-order valence-electron chi connectivity index (χ3n) is 3.72. The van der Waals surface area contributed by atoms with Crippen LogP contribution >= 0.6 is 12.4 Å². The van der Waals surface area contributed by atoms with E-state index in [0.29, 0.717) is 5.92 Å². The Bertz CT molecular complexity index is 332. The molecule has 118 valence electrons. The van der Waals surface area contributed by atoms with Crippen LogP contribution in [0, 0.1) is 11.3 Å². The first kappa shape index (κ1) is 19.2. The van der Waals surface area contributed by atoms with Gasteiger partial charge in [-0.25, -0.2) is 0 Å². The van der Waals surface area contributed by atoms with E-state index in [1.54, 1.807) is 0 Å². The summed E-state index contributed by atoms with van der Waals surface area (Å²) in [6, 6.07) is 0.192. The Balaban J connectivity index is 0.00000361. The molecule has 0 aromatic carbocycles. The summed E-state index contributed by atoms with van der Waals surface area (Å²) < 4.78 is 0. The van der Waals surface area contributed by atoms with Crippen molar-refractivity contribution in [1.29, 1.82) is 0 Å². The molecule has 0 bridgehead atoms. The lowest BCUT2D eigenvalue weighted by atomic mass is 9.91. The van der Waals surface area contributed by atoms with Crippen LogP contribution in [0.1, 0.15) is 40.5 Å². The molecule has 20 heavy (non-hydrogen) atoms. The number of nitrogens with two attached hydrogens (primary N) is 1. The number of hydrogen-bond donors (Lipinski definition) is 2. The molecule has 0 spiro atoms. The SMILES string of the molecule is CC(N)C1CCN(C(=O)CNC(=O)C(C)(C)C)CC1.Cl. The number of nitrogens with one attached hydrogen (secondary N) is 1. The molecular formula is C14H28ClN3O2. The summed E-state index contributed by atoms with van der Waals surface area (Å²) in [6.45, 7) is 9.11. The lowest BCUT2D eigenvalue weighted by Gasteiger charge is -2.34. The molecule has 1 heterocycles. The van der Waals surface area contributed by atoms with Gasteiger partial charge in [0.05, 0.1) is 6.54 Å². The van der Waals surface area contributed by atoms with Gasteiger partial charge in [-0.3, -0.25) is 9.59 Å². The van der Waals surface area contributed by atoms with Crippen LogP contribution in [0.15, 0.2) is 0 Å². The zero-order valence-corrected chi connectivity index (χ0v) is 13.8. The first-order chi connectivity index (χ1) is 8.71. The summed E-state index contributed by atoms with van der Waals surface area (Å²) in [5.41, 5.74) is 5.42. The number of halogens is 1. The van der Waals surface area contributed by atoms with Gasteiger partial charge in [-0.15, -0.1) is 12.4 Å². The van der Waals surface area contributed by atoms with E-state index in [0.717, 1.165) is 25.9 Å². The van der Waals surface area contributed by atoms with Gasteiger partial charge in [-0.2, -0.15) is 0 Å². The highest BCUT2D eigenvalue weighted by atomic mass is 35.5. The third kappa shape index (κ3) is 5.67. The number of carbonyl (C=O) groups excluding carboxylic acids is 2. The van der Waals surface area contributed by atoms with Crippen LogP contribution in [0.3, 0.4) is 0 Å². The first-order valence-corrected chi connectivity index (χ1v) is 7.03. The largest absolute Gasteiger partial charge is 0.347 e. The Hall–Kier alpha value is -0.810. The van der Waals surface area contributed by atoms with Crippen LogP contribution in [0.25, 0.3) is 0 Å². The molecule has 0 aliphatic carbocycles. The van der Waals surface area contributed by atoms with Gasteiger partial charge in [0.2, 0.25) is 11.8 Å². The molecule has 0 radical (unpaired) electrons. The summed E-state index contributed by atoms with van der Waals surface area (Å²) >= 11 is 0. The molecule has 2 amide bonds. The molecule has 0 saturated carbocycles. The van der Waals surface area contributed by atoms with Crippen molar-refractivity contribution < 1.29 is 9.59 Å². The molecule has 1 aliphatic rings. The second-order valence-corrected chi connectivity index (χ2v) is 6.51. The Morgan fingerprint density at radius 3 is 2.20 bits per heavy atom. The molecule has 5 nitrogen and oxygen atoms in total. The fraction of sp³-hybridized carbons (Fsp3) is 0.857. The molecule has 1 aliphatic heterocycles. The van der Waals surface area contributed by atoms with Gasteiger partial charge in [0, 0.05) is 24.5 Å². The van der Waals surface area contributed by atoms with Crippen molar-refractivity contribution >= 4 is 24.2 Å². The minimum atomic E-state index is -0.456. The maximum Gasteiger partial charge on any atom is 0.241 e. The molecular weight excluding hydrogens is 278 g/mol. The summed E-state index contributed by atoms with van der Waals surface area (Å²) in [5, 5.41) is 2.70. The minimum Gasteiger partial charge on any atom is -0.347 e. The zero-order chi connectivity index (χ0) is 14.6. The van der Waals surface area contributed by atoms with Gasteiger partial charge in [-0.1, -0.05) is 20.8 Å². The van der Waals surface area contributed by atoms with Gasteiger partial charge in [0.15, 0.2) is 0 Å². The van der Waals surface area contributed by atoms with Crippen LogP contribution in [0.4, 0.5) is 0 Å². The standard InChI is InChI=1S/C14H27N3O2.ClH/c1-10(15)11-5-7-17(8-6-11)12(18)9-16-13(19)14(2,3)4;/h10-11H,5-9,15H2,1-4H3,(H,16,19);1H. The summed E-state index contributed by atoms with van der Waals surface area (Å²) in [4.78, 5) is 25.5. The average Bonchev–Trinajstić information content (AvgIpc) is 2.34. The monoisotopic (exact) mass is 305 g/mol. The highest BCUT2D eigenvalue weighted by molar-refractivity contribution is 5.87. The van der Waals surface area contributed by atoms with Crippen molar-refractivity contribution in [2.45, 2.75) is 46.6 Å².